The van der Waals surface area contributed by atoms with E-state index in [2.05, 4.69) is 6.58 Å². The molecule has 0 aromatic rings. The van der Waals surface area contributed by atoms with Crippen LogP contribution in [0.5, 0.6) is 0 Å². The third kappa shape index (κ3) is 3.30. The van der Waals surface area contributed by atoms with E-state index in [-0.39, 0.29) is 11.9 Å². The quantitative estimate of drug-likeness (QED) is 0.522. The third-order valence-corrected chi connectivity index (χ3v) is 3.06. The summed E-state index contributed by atoms with van der Waals surface area (Å²) in [6.45, 7) is 6.43. The maximum atomic E-state index is 11.5. The second-order valence-electron chi connectivity index (χ2n) is 4.24. The highest BCUT2D eigenvalue weighted by molar-refractivity contribution is 5.73. The van der Waals surface area contributed by atoms with Crippen molar-refractivity contribution in [1.82, 2.24) is 0 Å². The molecule has 4 nitrogen and oxygen atoms in total. The fourth-order valence-electron chi connectivity index (χ4n) is 2.37. The Labute approximate surface area is 103 Å². The second-order valence-corrected chi connectivity index (χ2v) is 4.24. The summed E-state index contributed by atoms with van der Waals surface area (Å²) in [6.07, 6.45) is 5.49. The van der Waals surface area contributed by atoms with E-state index < -0.39 is 5.79 Å². The van der Waals surface area contributed by atoms with Gasteiger partial charge in [0.15, 0.2) is 5.79 Å². The molecule has 1 spiro atoms. The molecule has 0 amide bonds. The Balaban J connectivity index is 0.000000437. The smallest absolute Gasteiger partial charge is 0.314 e. The Hall–Kier alpha value is -0.870. The minimum absolute atomic E-state index is 0.202. The van der Waals surface area contributed by atoms with Gasteiger partial charge in [-0.15, -0.1) is 6.58 Å². The number of esters is 1. The van der Waals surface area contributed by atoms with Crippen LogP contribution in [0.3, 0.4) is 0 Å². The number of rotatable bonds is 1. The zero-order chi connectivity index (χ0) is 12.7. The fourth-order valence-corrected chi connectivity index (χ4v) is 2.37. The highest BCUT2D eigenvalue weighted by atomic mass is 16.7. The van der Waals surface area contributed by atoms with E-state index in [0.717, 1.165) is 25.7 Å². The highest BCUT2D eigenvalue weighted by Crippen LogP contribution is 2.40. The molecular weight excluding hydrogens is 220 g/mol. The molecule has 1 saturated carbocycles. The van der Waals surface area contributed by atoms with Crippen molar-refractivity contribution in [3.63, 3.8) is 0 Å². The van der Waals surface area contributed by atoms with Crippen LogP contribution in [0.1, 0.15) is 32.6 Å². The first-order valence-corrected chi connectivity index (χ1v) is 6.13. The number of allylic oxidation sites excluding steroid dienone is 1. The molecule has 1 aliphatic heterocycles. The maximum Gasteiger partial charge on any atom is 0.314 e. The van der Waals surface area contributed by atoms with Crippen molar-refractivity contribution in [3.05, 3.63) is 12.7 Å². The molecule has 1 heterocycles. The van der Waals surface area contributed by atoms with Gasteiger partial charge < -0.3 is 14.2 Å². The van der Waals surface area contributed by atoms with E-state index >= 15 is 0 Å². The number of ether oxygens (including phenoxy) is 3. The largest absolute Gasteiger partial charge is 0.469 e. The minimum atomic E-state index is -0.661. The van der Waals surface area contributed by atoms with E-state index in [1.165, 1.54) is 7.11 Å². The molecule has 0 aromatic carbocycles. The lowest BCUT2D eigenvalue weighted by molar-refractivity contribution is -0.220. The van der Waals surface area contributed by atoms with Gasteiger partial charge in [-0.1, -0.05) is 12.5 Å². The van der Waals surface area contributed by atoms with Gasteiger partial charge in [0, 0.05) is 6.42 Å². The second kappa shape index (κ2) is 6.77. The molecule has 17 heavy (non-hydrogen) atoms. The van der Waals surface area contributed by atoms with E-state index in [1.54, 1.807) is 6.08 Å². The van der Waals surface area contributed by atoms with Crippen LogP contribution in [0, 0.1) is 5.92 Å². The molecule has 0 aromatic heterocycles. The standard InChI is InChI=1S/C10H16O4.C3H6/c1-12-9(11)8-4-2-3-5-10(8)13-6-7-14-10;1-3-2/h8H,2-7H2,1H3;3H,1H2,2H3. The summed E-state index contributed by atoms with van der Waals surface area (Å²) in [5, 5.41) is 0. The summed E-state index contributed by atoms with van der Waals surface area (Å²) < 4.78 is 16.0. The maximum absolute atomic E-state index is 11.5. The first-order valence-electron chi connectivity index (χ1n) is 6.13. The molecule has 1 atom stereocenters. The molecule has 0 N–H and O–H groups in total. The fraction of sp³-hybridized carbons (Fsp3) is 0.769. The Morgan fingerprint density at radius 1 is 1.41 bits per heavy atom. The van der Waals surface area contributed by atoms with Gasteiger partial charge in [0.05, 0.1) is 20.3 Å². The Morgan fingerprint density at radius 2 is 2.00 bits per heavy atom. The van der Waals surface area contributed by atoms with Gasteiger partial charge in [0.2, 0.25) is 0 Å². The van der Waals surface area contributed by atoms with Gasteiger partial charge in [-0.25, -0.2) is 0 Å². The van der Waals surface area contributed by atoms with Gasteiger partial charge in [-0.2, -0.15) is 0 Å². The first-order chi connectivity index (χ1) is 8.20. The summed E-state index contributed by atoms with van der Waals surface area (Å²) in [5.41, 5.74) is 0. The monoisotopic (exact) mass is 242 g/mol. The van der Waals surface area contributed by atoms with Crippen LogP contribution >= 0.6 is 0 Å². The summed E-state index contributed by atoms with van der Waals surface area (Å²) in [4.78, 5) is 11.5. The van der Waals surface area contributed by atoms with E-state index in [1.807, 2.05) is 6.92 Å². The van der Waals surface area contributed by atoms with Crippen molar-refractivity contribution in [2.75, 3.05) is 20.3 Å². The molecule has 1 saturated heterocycles. The minimum Gasteiger partial charge on any atom is -0.469 e. The Kier molecular flexibility index (Phi) is 5.65. The molecule has 1 unspecified atom stereocenters. The number of carbonyl (C=O) groups excluding carboxylic acids is 1. The van der Waals surface area contributed by atoms with Gasteiger partial charge in [-0.3, -0.25) is 4.79 Å². The van der Waals surface area contributed by atoms with Crippen molar-refractivity contribution in [2.24, 2.45) is 5.92 Å². The molecule has 1 aliphatic carbocycles. The van der Waals surface area contributed by atoms with E-state index in [4.69, 9.17) is 14.2 Å². The molecule has 2 rings (SSSR count). The Bertz CT molecular complexity index is 256. The highest BCUT2D eigenvalue weighted by Gasteiger charge is 2.49. The van der Waals surface area contributed by atoms with E-state index in [0.29, 0.717) is 13.2 Å². The molecule has 2 aliphatic rings. The van der Waals surface area contributed by atoms with Crippen LogP contribution in [0.4, 0.5) is 0 Å². The van der Waals surface area contributed by atoms with E-state index in [9.17, 15) is 4.79 Å². The zero-order valence-corrected chi connectivity index (χ0v) is 10.7. The molecule has 98 valence electrons. The molecule has 4 heteroatoms. The number of hydrogen-bond donors (Lipinski definition) is 0. The van der Waals surface area contributed by atoms with Gasteiger partial charge in [0.1, 0.15) is 5.92 Å². The number of carbonyl (C=O) groups is 1. The third-order valence-electron chi connectivity index (χ3n) is 3.06. The zero-order valence-electron chi connectivity index (χ0n) is 10.7. The van der Waals surface area contributed by atoms with Gasteiger partial charge in [-0.05, 0) is 19.8 Å². The average Bonchev–Trinajstić information content (AvgIpc) is 2.79. The average molecular weight is 242 g/mol. The van der Waals surface area contributed by atoms with Gasteiger partial charge in [0.25, 0.3) is 0 Å². The normalized spacial score (nSPS) is 25.9. The number of hydrogen-bond acceptors (Lipinski definition) is 4. The summed E-state index contributed by atoms with van der Waals surface area (Å²) in [7, 11) is 1.42. The lowest BCUT2D eigenvalue weighted by Gasteiger charge is -2.37. The molecule has 0 radical (unpaired) electrons. The van der Waals surface area contributed by atoms with Crippen LogP contribution in [0.2, 0.25) is 0 Å². The predicted molar refractivity (Wildman–Crippen MR) is 64.5 cm³/mol. The SMILES string of the molecule is C=CC.COC(=O)C1CCCCC12OCCO2. The van der Waals surface area contributed by atoms with Crippen molar-refractivity contribution >= 4 is 5.97 Å². The van der Waals surface area contributed by atoms with Crippen LogP contribution < -0.4 is 0 Å². The Morgan fingerprint density at radius 3 is 2.53 bits per heavy atom. The number of methoxy groups -OCH3 is 1. The molecular formula is C13H22O4. The molecule has 2 fully saturated rings. The predicted octanol–water partition coefficient (Wildman–Crippen LogP) is 2.29. The van der Waals surface area contributed by atoms with Crippen LogP contribution in [-0.2, 0) is 19.0 Å². The summed E-state index contributed by atoms with van der Waals surface area (Å²) in [5.74, 6) is -1.10. The van der Waals surface area contributed by atoms with Crippen molar-refractivity contribution in [1.29, 1.82) is 0 Å². The first kappa shape index (κ1) is 14.2. The van der Waals surface area contributed by atoms with Gasteiger partial charge >= 0.3 is 5.97 Å². The van der Waals surface area contributed by atoms with Crippen molar-refractivity contribution < 1.29 is 19.0 Å². The lowest BCUT2D eigenvalue weighted by atomic mass is 9.83. The topological polar surface area (TPSA) is 44.8 Å². The van der Waals surface area contributed by atoms with Crippen LogP contribution in [-0.4, -0.2) is 32.1 Å². The lowest BCUT2D eigenvalue weighted by Crippen LogP contribution is -2.46. The summed E-state index contributed by atoms with van der Waals surface area (Å²) >= 11 is 0. The van der Waals surface area contributed by atoms with Crippen LogP contribution in [0.25, 0.3) is 0 Å². The van der Waals surface area contributed by atoms with Crippen LogP contribution in [0.15, 0.2) is 12.7 Å². The van der Waals surface area contributed by atoms with Crippen molar-refractivity contribution in [3.8, 4) is 0 Å². The summed E-state index contributed by atoms with van der Waals surface area (Å²) in [6, 6.07) is 0. The molecule has 0 bridgehead atoms. The van der Waals surface area contributed by atoms with Crippen molar-refractivity contribution in [2.45, 2.75) is 38.4 Å².